The molecule has 0 radical (unpaired) electrons. The van der Waals surface area contributed by atoms with Crippen LogP contribution in [0.3, 0.4) is 0 Å². The minimum absolute atomic E-state index is 1.19. The summed E-state index contributed by atoms with van der Waals surface area (Å²) in [7, 11) is 0. The molecule has 0 unspecified atom stereocenters. The normalized spacial score (nSPS) is 17.5. The highest BCUT2D eigenvalue weighted by Crippen LogP contribution is 2.26. The summed E-state index contributed by atoms with van der Waals surface area (Å²) in [4.78, 5) is 0. The van der Waals surface area contributed by atoms with Gasteiger partial charge in [0, 0.05) is 11.5 Å². The van der Waals surface area contributed by atoms with Crippen molar-refractivity contribution in [3.63, 3.8) is 0 Å². The molecule has 2 heterocycles. The second-order valence-electron chi connectivity index (χ2n) is 4.16. The van der Waals surface area contributed by atoms with Crippen LogP contribution in [-0.4, -0.2) is 11.5 Å². The standard InChI is InChI=1S/C13H18S2/c1-10-6-13-9-15-5-3-4-14-8-12(10)7-11(13)2/h6-7H,3-5,8-9H2,1-2H3. The smallest absolute Gasteiger partial charge is 0.0187 e. The Morgan fingerprint density at radius 3 is 1.80 bits per heavy atom. The van der Waals surface area contributed by atoms with Crippen molar-refractivity contribution in [3.05, 3.63) is 34.4 Å². The molecule has 1 aromatic carbocycles. The van der Waals surface area contributed by atoms with E-state index in [0.29, 0.717) is 0 Å². The fraction of sp³-hybridized carbons (Fsp3) is 0.538. The van der Waals surface area contributed by atoms with Crippen LogP contribution in [0.2, 0.25) is 0 Å². The van der Waals surface area contributed by atoms with Gasteiger partial charge in [0.2, 0.25) is 0 Å². The molecule has 1 aromatic rings. The Morgan fingerprint density at radius 2 is 1.33 bits per heavy atom. The molecule has 0 nitrogen and oxygen atoms in total. The van der Waals surface area contributed by atoms with Crippen LogP contribution in [0, 0.1) is 13.8 Å². The van der Waals surface area contributed by atoms with Gasteiger partial charge in [0.1, 0.15) is 0 Å². The number of fused-ring (bicyclic) bond motifs is 8. The van der Waals surface area contributed by atoms with Crippen molar-refractivity contribution in [2.75, 3.05) is 11.5 Å². The maximum absolute atomic E-state index is 2.39. The van der Waals surface area contributed by atoms with Crippen molar-refractivity contribution < 1.29 is 0 Å². The third-order valence-electron chi connectivity index (χ3n) is 2.89. The summed E-state index contributed by atoms with van der Waals surface area (Å²) in [5.41, 5.74) is 6.03. The first kappa shape index (κ1) is 11.4. The van der Waals surface area contributed by atoms with E-state index in [4.69, 9.17) is 0 Å². The van der Waals surface area contributed by atoms with Crippen LogP contribution in [0.1, 0.15) is 28.7 Å². The van der Waals surface area contributed by atoms with Gasteiger partial charge in [0.15, 0.2) is 0 Å². The van der Waals surface area contributed by atoms with Crippen molar-refractivity contribution in [3.8, 4) is 0 Å². The predicted octanol–water partition coefficient (Wildman–Crippen LogP) is 4.17. The molecular formula is C13H18S2. The summed E-state index contributed by atoms with van der Waals surface area (Å²) >= 11 is 4.16. The third-order valence-corrected chi connectivity index (χ3v) is 5.07. The molecule has 82 valence electrons. The summed E-state index contributed by atoms with van der Waals surface area (Å²) in [6.45, 7) is 4.50. The molecule has 0 aliphatic carbocycles. The van der Waals surface area contributed by atoms with E-state index in [2.05, 4.69) is 49.5 Å². The van der Waals surface area contributed by atoms with Crippen LogP contribution in [0.15, 0.2) is 12.1 Å². The van der Waals surface area contributed by atoms with Gasteiger partial charge in [-0.1, -0.05) is 12.1 Å². The number of hydrogen-bond donors (Lipinski definition) is 0. The van der Waals surface area contributed by atoms with Crippen molar-refractivity contribution in [2.45, 2.75) is 31.8 Å². The van der Waals surface area contributed by atoms with Crippen LogP contribution in [0.5, 0.6) is 0 Å². The van der Waals surface area contributed by atoms with Gasteiger partial charge in [-0.15, -0.1) is 0 Å². The summed E-state index contributed by atoms with van der Waals surface area (Å²) in [6, 6.07) is 4.78. The summed E-state index contributed by atoms with van der Waals surface area (Å²) < 4.78 is 0. The van der Waals surface area contributed by atoms with Crippen molar-refractivity contribution in [1.29, 1.82) is 0 Å². The van der Waals surface area contributed by atoms with Gasteiger partial charge in [0.25, 0.3) is 0 Å². The van der Waals surface area contributed by atoms with Crippen molar-refractivity contribution in [1.82, 2.24) is 0 Å². The molecule has 2 bridgehead atoms. The fourth-order valence-electron chi connectivity index (χ4n) is 1.87. The molecule has 0 N–H and O–H groups in total. The molecule has 0 fully saturated rings. The average Bonchev–Trinajstić information content (AvgIpc) is 2.27. The van der Waals surface area contributed by atoms with Crippen LogP contribution in [0.4, 0.5) is 0 Å². The molecule has 2 heteroatoms. The topological polar surface area (TPSA) is 0 Å². The minimum Gasteiger partial charge on any atom is -0.157 e. The molecule has 2 aliphatic rings. The lowest BCUT2D eigenvalue weighted by Crippen LogP contribution is -1.93. The molecule has 0 atom stereocenters. The Labute approximate surface area is 101 Å². The first-order valence-electron chi connectivity index (χ1n) is 5.52. The van der Waals surface area contributed by atoms with Gasteiger partial charge in [-0.2, -0.15) is 23.5 Å². The fourth-order valence-corrected chi connectivity index (χ4v) is 4.10. The number of benzene rings is 1. The first-order chi connectivity index (χ1) is 7.27. The highest BCUT2D eigenvalue weighted by Gasteiger charge is 2.06. The Hall–Kier alpha value is -0.0800. The Balaban J connectivity index is 2.30. The maximum Gasteiger partial charge on any atom is 0.0187 e. The van der Waals surface area contributed by atoms with Crippen molar-refractivity contribution >= 4 is 23.5 Å². The second kappa shape index (κ2) is 5.31. The number of hydrogen-bond acceptors (Lipinski definition) is 2. The SMILES string of the molecule is Cc1cc2c(C)cc1CSCCCSC2. The minimum atomic E-state index is 1.19. The molecule has 0 saturated carbocycles. The highest BCUT2D eigenvalue weighted by molar-refractivity contribution is 7.99. The van der Waals surface area contributed by atoms with Crippen LogP contribution < -0.4 is 0 Å². The lowest BCUT2D eigenvalue weighted by Gasteiger charge is -2.10. The van der Waals surface area contributed by atoms with E-state index in [1.165, 1.54) is 51.7 Å². The molecule has 2 aliphatic heterocycles. The van der Waals surface area contributed by atoms with E-state index < -0.39 is 0 Å². The lowest BCUT2D eigenvalue weighted by atomic mass is 10.0. The molecule has 0 saturated heterocycles. The zero-order valence-electron chi connectivity index (χ0n) is 9.51. The maximum atomic E-state index is 2.39. The van der Waals surface area contributed by atoms with Gasteiger partial charge in [-0.05, 0) is 54.0 Å². The lowest BCUT2D eigenvalue weighted by molar-refractivity contribution is 1.12. The van der Waals surface area contributed by atoms with Gasteiger partial charge in [-0.25, -0.2) is 0 Å². The summed E-state index contributed by atoms with van der Waals surface area (Å²) in [5.74, 6) is 5.01. The van der Waals surface area contributed by atoms with Crippen LogP contribution >= 0.6 is 23.5 Å². The molecular weight excluding hydrogens is 220 g/mol. The zero-order valence-corrected chi connectivity index (χ0v) is 11.1. The van der Waals surface area contributed by atoms with Gasteiger partial charge < -0.3 is 0 Å². The Bertz CT molecular complexity index is 311. The quantitative estimate of drug-likeness (QED) is 0.665. The molecule has 3 rings (SSSR count). The number of aryl methyl sites for hydroxylation is 2. The number of thioether (sulfide) groups is 2. The van der Waals surface area contributed by atoms with E-state index in [-0.39, 0.29) is 0 Å². The molecule has 0 aromatic heterocycles. The Morgan fingerprint density at radius 1 is 0.867 bits per heavy atom. The van der Waals surface area contributed by atoms with Crippen LogP contribution in [-0.2, 0) is 11.5 Å². The van der Waals surface area contributed by atoms with E-state index in [1.807, 2.05) is 0 Å². The monoisotopic (exact) mass is 238 g/mol. The summed E-state index contributed by atoms with van der Waals surface area (Å²) in [5, 5.41) is 0. The van der Waals surface area contributed by atoms with Gasteiger partial charge in [-0.3, -0.25) is 0 Å². The average molecular weight is 238 g/mol. The van der Waals surface area contributed by atoms with Gasteiger partial charge >= 0.3 is 0 Å². The van der Waals surface area contributed by atoms with Gasteiger partial charge in [0.05, 0.1) is 0 Å². The van der Waals surface area contributed by atoms with E-state index in [0.717, 1.165) is 0 Å². The van der Waals surface area contributed by atoms with Crippen LogP contribution in [0.25, 0.3) is 0 Å². The number of rotatable bonds is 0. The second-order valence-corrected chi connectivity index (χ2v) is 6.37. The van der Waals surface area contributed by atoms with E-state index in [1.54, 1.807) is 0 Å². The molecule has 15 heavy (non-hydrogen) atoms. The van der Waals surface area contributed by atoms with E-state index in [9.17, 15) is 0 Å². The first-order valence-corrected chi connectivity index (χ1v) is 7.83. The zero-order chi connectivity index (χ0) is 10.7. The molecule has 0 amide bonds. The van der Waals surface area contributed by atoms with E-state index >= 15 is 0 Å². The summed E-state index contributed by atoms with van der Waals surface area (Å²) in [6.07, 6.45) is 1.36. The highest BCUT2D eigenvalue weighted by atomic mass is 32.2. The predicted molar refractivity (Wildman–Crippen MR) is 72.9 cm³/mol. The largest absolute Gasteiger partial charge is 0.157 e. The van der Waals surface area contributed by atoms with Crippen molar-refractivity contribution in [2.24, 2.45) is 0 Å². The molecule has 0 spiro atoms. The third kappa shape index (κ3) is 2.94. The Kier molecular flexibility index (Phi) is 4.04.